The van der Waals surface area contributed by atoms with Gasteiger partial charge < -0.3 is 26.0 Å². The molecule has 4 rings (SSSR count). The number of nitrogens with zero attached hydrogens (tertiary/aromatic N) is 1. The molecule has 266 valence electrons. The van der Waals surface area contributed by atoms with E-state index in [-0.39, 0.29) is 49.6 Å². The summed E-state index contributed by atoms with van der Waals surface area (Å²) in [6.45, 7) is 5.06. The molecule has 4 amide bonds. The molecule has 0 aliphatic carbocycles. The maximum absolute atomic E-state index is 13.7. The zero-order valence-electron chi connectivity index (χ0n) is 28.9. The zero-order valence-corrected chi connectivity index (χ0v) is 28.9. The number of hydroxylamine groups is 2. The maximum Gasteiger partial charge on any atom is 0.431 e. The number of hydrogen-bond donors (Lipinski definition) is 5. The minimum atomic E-state index is -1.18. The van der Waals surface area contributed by atoms with Crippen LogP contribution >= 0.6 is 0 Å². The van der Waals surface area contributed by atoms with Crippen molar-refractivity contribution in [2.75, 3.05) is 19.7 Å². The molecule has 50 heavy (non-hydrogen) atoms. The van der Waals surface area contributed by atoms with Crippen molar-refractivity contribution < 1.29 is 29.1 Å². The van der Waals surface area contributed by atoms with Crippen molar-refractivity contribution in [2.24, 2.45) is 11.8 Å². The highest BCUT2D eigenvalue weighted by Gasteiger charge is 2.28. The number of fused-ring (bicyclic) bond motifs is 1. The van der Waals surface area contributed by atoms with Crippen LogP contribution in [0.25, 0.3) is 10.9 Å². The normalized spacial score (nSPS) is 12.3. The summed E-state index contributed by atoms with van der Waals surface area (Å²) in [7, 11) is 0. The molecule has 11 nitrogen and oxygen atoms in total. The third kappa shape index (κ3) is 12.4. The summed E-state index contributed by atoms with van der Waals surface area (Å²) in [5.74, 6) is -1.31. The van der Waals surface area contributed by atoms with Crippen molar-refractivity contribution >= 4 is 34.7 Å². The Balaban J connectivity index is 1.33. The summed E-state index contributed by atoms with van der Waals surface area (Å²) in [6, 6.07) is 26.0. The van der Waals surface area contributed by atoms with Gasteiger partial charge >= 0.3 is 6.09 Å². The average Bonchev–Trinajstić information content (AvgIpc) is 3.51. The molecule has 1 aromatic heterocycles. The largest absolute Gasteiger partial charge is 0.463 e. The summed E-state index contributed by atoms with van der Waals surface area (Å²) in [6.07, 6.45) is 3.19. The van der Waals surface area contributed by atoms with E-state index in [1.165, 1.54) is 0 Å². The molecule has 0 spiro atoms. The van der Waals surface area contributed by atoms with Crippen molar-refractivity contribution in [2.45, 2.75) is 65.0 Å². The SMILES string of the molecule is CC(C)CC(CC(=O)NCCc1ccccc1)C(=O)N[C@H](Cc1c[nH]c2ccccc12)C(=O)NCCCCON(Cc1ccccc1)C(=O)O. The predicted molar refractivity (Wildman–Crippen MR) is 193 cm³/mol. The van der Waals surface area contributed by atoms with Gasteiger partial charge in [-0.1, -0.05) is 92.7 Å². The molecule has 0 saturated carbocycles. The van der Waals surface area contributed by atoms with E-state index < -0.39 is 18.1 Å². The van der Waals surface area contributed by atoms with Gasteiger partial charge in [0, 0.05) is 48.9 Å². The summed E-state index contributed by atoms with van der Waals surface area (Å²) >= 11 is 0. The van der Waals surface area contributed by atoms with Crippen LogP contribution in [0.5, 0.6) is 0 Å². The molecule has 0 bridgehead atoms. The first-order valence-electron chi connectivity index (χ1n) is 17.3. The van der Waals surface area contributed by atoms with Crippen molar-refractivity contribution in [3.8, 4) is 0 Å². The number of aromatic nitrogens is 1. The van der Waals surface area contributed by atoms with Gasteiger partial charge in [-0.25, -0.2) is 4.79 Å². The second kappa shape index (κ2) is 19.7. The Morgan fingerprint density at radius 2 is 1.50 bits per heavy atom. The summed E-state index contributed by atoms with van der Waals surface area (Å²) in [5, 5.41) is 20.2. The second-order valence-corrected chi connectivity index (χ2v) is 12.9. The number of aromatic amines is 1. The molecule has 0 saturated heterocycles. The molecular formula is C39H49N5O6. The van der Waals surface area contributed by atoms with Crippen molar-refractivity contribution in [1.82, 2.24) is 26.0 Å². The first kappa shape index (κ1) is 37.7. The molecule has 1 unspecified atom stereocenters. The lowest BCUT2D eigenvalue weighted by molar-refractivity contribution is -0.138. The number of benzene rings is 3. The van der Waals surface area contributed by atoms with E-state index in [0.717, 1.165) is 32.7 Å². The Labute approximate surface area is 293 Å². The van der Waals surface area contributed by atoms with Crippen molar-refractivity contribution in [3.63, 3.8) is 0 Å². The zero-order chi connectivity index (χ0) is 35.7. The van der Waals surface area contributed by atoms with E-state index >= 15 is 0 Å². The number of rotatable bonds is 20. The molecule has 0 aliphatic rings. The lowest BCUT2D eigenvalue weighted by Crippen LogP contribution is -2.50. The van der Waals surface area contributed by atoms with Crippen molar-refractivity contribution in [1.29, 1.82) is 0 Å². The molecule has 1 heterocycles. The summed E-state index contributed by atoms with van der Waals surface area (Å²) in [5.41, 5.74) is 3.75. The first-order chi connectivity index (χ1) is 24.2. The molecular weight excluding hydrogens is 634 g/mol. The number of carbonyl (C=O) groups is 4. The number of carbonyl (C=O) groups excluding carboxylic acids is 3. The fourth-order valence-electron chi connectivity index (χ4n) is 5.81. The molecule has 11 heteroatoms. The lowest BCUT2D eigenvalue weighted by atomic mass is 9.92. The fraction of sp³-hybridized carbons (Fsp3) is 0.385. The van der Waals surface area contributed by atoms with Gasteiger partial charge in [0.25, 0.3) is 0 Å². The fourth-order valence-corrected chi connectivity index (χ4v) is 5.81. The van der Waals surface area contributed by atoms with E-state index in [0.29, 0.717) is 38.8 Å². The standard InChI is InChI=1S/C39H49N5O6/c1-28(2)23-31(25-36(45)40-21-19-29-13-5-3-6-14-29)37(46)43-35(24-32-26-42-34-18-10-9-17-33(32)34)38(47)41-20-11-12-22-50-44(39(48)49)27-30-15-7-4-8-16-30/h3-10,13-18,26,28,31,35,42H,11-12,19-25,27H2,1-2H3,(H,40,45)(H,41,47)(H,43,46)(H,48,49)/t31?,35-/m1/s1. The number of para-hydroxylation sites is 1. The highest BCUT2D eigenvalue weighted by molar-refractivity contribution is 5.92. The molecule has 2 atom stereocenters. The topological polar surface area (TPSA) is 153 Å². The van der Waals surface area contributed by atoms with Crippen LogP contribution in [0.3, 0.4) is 0 Å². The smallest absolute Gasteiger partial charge is 0.431 e. The minimum Gasteiger partial charge on any atom is -0.463 e. The predicted octanol–water partition coefficient (Wildman–Crippen LogP) is 5.61. The monoisotopic (exact) mass is 683 g/mol. The van der Waals surface area contributed by atoms with Gasteiger partial charge in [0.15, 0.2) is 0 Å². The second-order valence-electron chi connectivity index (χ2n) is 12.9. The number of amides is 4. The summed E-state index contributed by atoms with van der Waals surface area (Å²) in [4.78, 5) is 60.6. The van der Waals surface area contributed by atoms with E-state index in [1.54, 1.807) is 0 Å². The van der Waals surface area contributed by atoms with Gasteiger partial charge in [-0.15, -0.1) is 0 Å². The van der Waals surface area contributed by atoms with Crippen LogP contribution in [-0.2, 0) is 38.6 Å². The van der Waals surface area contributed by atoms with Crippen LogP contribution < -0.4 is 16.0 Å². The van der Waals surface area contributed by atoms with E-state index in [2.05, 4.69) is 20.9 Å². The van der Waals surface area contributed by atoms with Gasteiger partial charge in [-0.3, -0.25) is 19.2 Å². The van der Waals surface area contributed by atoms with Gasteiger partial charge in [0.05, 0.1) is 13.2 Å². The summed E-state index contributed by atoms with van der Waals surface area (Å²) < 4.78 is 0. The Bertz CT molecular complexity index is 1660. The molecule has 0 aliphatic heterocycles. The minimum absolute atomic E-state index is 0.0257. The average molecular weight is 684 g/mol. The van der Waals surface area contributed by atoms with Gasteiger partial charge in [0.1, 0.15) is 6.04 Å². The Kier molecular flexibility index (Phi) is 14.9. The Hall–Kier alpha value is -5.16. The molecule has 3 aromatic carbocycles. The third-order valence-electron chi connectivity index (χ3n) is 8.37. The van der Waals surface area contributed by atoms with E-state index in [1.807, 2.05) is 105 Å². The van der Waals surface area contributed by atoms with Crippen LogP contribution in [0, 0.1) is 11.8 Å². The highest BCUT2D eigenvalue weighted by atomic mass is 16.7. The van der Waals surface area contributed by atoms with Crippen LogP contribution in [0.2, 0.25) is 0 Å². The highest BCUT2D eigenvalue weighted by Crippen LogP contribution is 2.21. The number of nitrogens with one attached hydrogen (secondary N) is 4. The van der Waals surface area contributed by atoms with Crippen LogP contribution in [0.1, 0.15) is 56.2 Å². The van der Waals surface area contributed by atoms with Crippen molar-refractivity contribution in [3.05, 3.63) is 108 Å². The van der Waals surface area contributed by atoms with E-state index in [9.17, 15) is 24.3 Å². The quantitative estimate of drug-likeness (QED) is 0.0603. The first-order valence-corrected chi connectivity index (χ1v) is 17.3. The third-order valence-corrected chi connectivity index (χ3v) is 8.37. The van der Waals surface area contributed by atoms with Gasteiger partial charge in [0.2, 0.25) is 17.7 Å². The molecule has 4 aromatic rings. The van der Waals surface area contributed by atoms with Gasteiger partial charge in [-0.2, -0.15) is 5.06 Å². The number of unbranched alkanes of at least 4 members (excludes halogenated alkanes) is 1. The van der Waals surface area contributed by atoms with Crippen LogP contribution in [0.4, 0.5) is 4.79 Å². The van der Waals surface area contributed by atoms with Gasteiger partial charge in [-0.05, 0) is 54.4 Å². The molecule has 5 N–H and O–H groups in total. The number of H-pyrrole nitrogens is 1. The Morgan fingerprint density at radius 1 is 0.820 bits per heavy atom. The lowest BCUT2D eigenvalue weighted by Gasteiger charge is -2.23. The number of hydrogen-bond acceptors (Lipinski definition) is 5. The van der Waals surface area contributed by atoms with Crippen LogP contribution in [-0.4, -0.2) is 64.7 Å². The molecule has 0 fully saturated rings. The maximum atomic E-state index is 13.7. The van der Waals surface area contributed by atoms with E-state index in [4.69, 9.17) is 4.84 Å². The Morgan fingerprint density at radius 3 is 2.20 bits per heavy atom. The number of carboxylic acid groups (broad SMARTS) is 1. The van der Waals surface area contributed by atoms with Crippen LogP contribution in [0.15, 0.2) is 91.1 Å². The molecule has 0 radical (unpaired) electrons.